The van der Waals surface area contributed by atoms with Crippen molar-refractivity contribution in [3.63, 3.8) is 0 Å². The normalized spacial score (nSPS) is 12.3. The summed E-state index contributed by atoms with van der Waals surface area (Å²) < 4.78 is 47.8. The van der Waals surface area contributed by atoms with Gasteiger partial charge in [0.15, 0.2) is 0 Å². The summed E-state index contributed by atoms with van der Waals surface area (Å²) >= 11 is 5.72. The number of rotatable bonds is 6. The molecule has 0 heterocycles. The summed E-state index contributed by atoms with van der Waals surface area (Å²) in [5, 5.41) is 8.66. The lowest BCUT2D eigenvalue weighted by Gasteiger charge is -2.08. The van der Waals surface area contributed by atoms with Gasteiger partial charge in [0.25, 0.3) is 0 Å². The van der Waals surface area contributed by atoms with Gasteiger partial charge in [-0.1, -0.05) is 11.6 Å². The molecule has 0 spiro atoms. The largest absolute Gasteiger partial charge is 0.478 e. The van der Waals surface area contributed by atoms with Crippen LogP contribution in [0.4, 0.5) is 0 Å². The van der Waals surface area contributed by atoms with Gasteiger partial charge >= 0.3 is 5.97 Å². The third-order valence-corrected chi connectivity index (χ3v) is 5.12. The molecule has 2 N–H and O–H groups in total. The number of carbonyl (C=O) groups is 1. The van der Waals surface area contributed by atoms with E-state index in [4.69, 9.17) is 16.7 Å². The van der Waals surface area contributed by atoms with E-state index in [9.17, 15) is 21.6 Å². The van der Waals surface area contributed by atoms with Crippen LogP contribution < -0.4 is 4.72 Å². The highest BCUT2D eigenvalue weighted by atomic mass is 35.5. The molecule has 1 aromatic rings. The van der Waals surface area contributed by atoms with Gasteiger partial charge in [-0.05, 0) is 18.2 Å². The predicted molar refractivity (Wildman–Crippen MR) is 73.3 cm³/mol. The zero-order valence-corrected chi connectivity index (χ0v) is 12.7. The second kappa shape index (κ2) is 6.08. The van der Waals surface area contributed by atoms with Crippen molar-refractivity contribution in [3.8, 4) is 0 Å². The van der Waals surface area contributed by atoms with E-state index in [1.807, 2.05) is 0 Å². The van der Waals surface area contributed by atoms with E-state index < -0.39 is 30.7 Å². The molecule has 0 atom stereocenters. The van der Waals surface area contributed by atoms with Gasteiger partial charge in [0.2, 0.25) is 10.0 Å². The van der Waals surface area contributed by atoms with E-state index >= 15 is 0 Å². The average molecular weight is 342 g/mol. The van der Waals surface area contributed by atoms with Gasteiger partial charge < -0.3 is 5.11 Å². The van der Waals surface area contributed by atoms with Crippen molar-refractivity contribution in [2.24, 2.45) is 0 Å². The molecule has 0 radical (unpaired) electrons. The number of sulfonamides is 1. The minimum absolute atomic E-state index is 0.151. The highest BCUT2D eigenvalue weighted by molar-refractivity contribution is 7.91. The van der Waals surface area contributed by atoms with Crippen LogP contribution >= 0.6 is 11.6 Å². The molecule has 112 valence electrons. The monoisotopic (exact) mass is 341 g/mol. The molecular weight excluding hydrogens is 330 g/mol. The second-order valence-electron chi connectivity index (χ2n) is 3.98. The van der Waals surface area contributed by atoms with Crippen LogP contribution in [0.25, 0.3) is 0 Å². The molecule has 1 aromatic carbocycles. The van der Waals surface area contributed by atoms with E-state index in [2.05, 4.69) is 4.72 Å². The lowest BCUT2D eigenvalue weighted by atomic mass is 10.2. The van der Waals surface area contributed by atoms with E-state index in [1.54, 1.807) is 0 Å². The van der Waals surface area contributed by atoms with Crippen LogP contribution in [0.3, 0.4) is 0 Å². The minimum Gasteiger partial charge on any atom is -0.478 e. The van der Waals surface area contributed by atoms with Crippen LogP contribution in [-0.2, 0) is 19.9 Å². The Balaban J connectivity index is 3.03. The quantitative estimate of drug-likeness (QED) is 0.771. The smallest absolute Gasteiger partial charge is 0.335 e. The molecule has 0 aliphatic carbocycles. The molecule has 0 fully saturated rings. The SMILES string of the molecule is CS(=O)(=O)CCNS(=O)(=O)c1cc(C(=O)O)ccc1Cl. The van der Waals surface area contributed by atoms with Crippen molar-refractivity contribution in [1.82, 2.24) is 4.72 Å². The zero-order chi connectivity index (χ0) is 15.6. The second-order valence-corrected chi connectivity index (χ2v) is 8.38. The lowest BCUT2D eigenvalue weighted by molar-refractivity contribution is 0.0696. The molecule has 0 aliphatic rings. The van der Waals surface area contributed by atoms with Gasteiger partial charge in [0.1, 0.15) is 14.7 Å². The van der Waals surface area contributed by atoms with Crippen molar-refractivity contribution in [1.29, 1.82) is 0 Å². The zero-order valence-electron chi connectivity index (χ0n) is 10.3. The van der Waals surface area contributed by atoms with Crippen LogP contribution in [0.5, 0.6) is 0 Å². The highest BCUT2D eigenvalue weighted by Crippen LogP contribution is 2.22. The first-order valence-corrected chi connectivity index (χ1v) is 9.15. The number of sulfone groups is 1. The fourth-order valence-corrected chi connectivity index (χ4v) is 3.44. The molecule has 0 aromatic heterocycles. The van der Waals surface area contributed by atoms with Gasteiger partial charge in [-0.25, -0.2) is 26.4 Å². The van der Waals surface area contributed by atoms with E-state index in [0.717, 1.165) is 18.4 Å². The number of carboxylic acid groups (broad SMARTS) is 1. The maximum absolute atomic E-state index is 11.9. The number of halogens is 1. The summed E-state index contributed by atoms with van der Waals surface area (Å²) in [5.74, 6) is -1.67. The van der Waals surface area contributed by atoms with Gasteiger partial charge in [0, 0.05) is 12.8 Å². The molecule has 0 saturated heterocycles. The van der Waals surface area contributed by atoms with Crippen molar-refractivity contribution in [2.45, 2.75) is 4.90 Å². The van der Waals surface area contributed by atoms with Crippen LogP contribution in [0, 0.1) is 0 Å². The van der Waals surface area contributed by atoms with Gasteiger partial charge in [-0.3, -0.25) is 0 Å². The van der Waals surface area contributed by atoms with Gasteiger partial charge in [0.05, 0.1) is 16.3 Å². The van der Waals surface area contributed by atoms with Crippen LogP contribution in [0.15, 0.2) is 23.1 Å². The highest BCUT2D eigenvalue weighted by Gasteiger charge is 2.20. The molecular formula is C10H12ClNO6S2. The third-order valence-electron chi connectivity index (χ3n) is 2.23. The Bertz CT molecular complexity index is 726. The molecule has 0 aliphatic heterocycles. The molecule has 0 amide bonds. The van der Waals surface area contributed by atoms with E-state index in [1.165, 1.54) is 6.07 Å². The van der Waals surface area contributed by atoms with E-state index in [0.29, 0.717) is 0 Å². The average Bonchev–Trinajstić information content (AvgIpc) is 2.26. The topological polar surface area (TPSA) is 118 Å². The molecule has 0 bridgehead atoms. The summed E-state index contributed by atoms with van der Waals surface area (Å²) in [6.45, 7) is -0.325. The predicted octanol–water partition coefficient (Wildman–Crippen LogP) is 0.361. The standard InChI is InChI=1S/C10H12ClNO6S2/c1-19(15,16)5-4-12-20(17,18)9-6-7(10(13)14)2-3-8(9)11/h2-3,6,12H,4-5H2,1H3,(H,13,14). The Hall–Kier alpha value is -1.16. The Morgan fingerprint density at radius 2 is 1.90 bits per heavy atom. The van der Waals surface area contributed by atoms with Crippen molar-refractivity contribution in [2.75, 3.05) is 18.6 Å². The maximum atomic E-state index is 11.9. The van der Waals surface area contributed by atoms with Gasteiger partial charge in [-0.2, -0.15) is 0 Å². The Labute approximate surface area is 121 Å². The van der Waals surface area contributed by atoms with Crippen LogP contribution in [0.1, 0.15) is 10.4 Å². The first-order chi connectivity index (χ1) is 9.03. The van der Waals surface area contributed by atoms with E-state index in [-0.39, 0.29) is 22.9 Å². The molecule has 7 nitrogen and oxygen atoms in total. The number of nitrogens with one attached hydrogen (secondary N) is 1. The number of hydrogen-bond donors (Lipinski definition) is 2. The summed E-state index contributed by atoms with van der Waals surface area (Å²) in [5.41, 5.74) is -0.238. The Kier molecular flexibility index (Phi) is 5.14. The maximum Gasteiger partial charge on any atom is 0.335 e. The molecule has 20 heavy (non-hydrogen) atoms. The lowest BCUT2D eigenvalue weighted by Crippen LogP contribution is -2.29. The summed E-state index contributed by atoms with van der Waals surface area (Å²) in [7, 11) is -7.39. The fourth-order valence-electron chi connectivity index (χ4n) is 1.28. The fraction of sp³-hybridized carbons (Fsp3) is 0.300. The van der Waals surface area contributed by atoms with Crippen LogP contribution in [0.2, 0.25) is 5.02 Å². The Morgan fingerprint density at radius 1 is 1.30 bits per heavy atom. The summed E-state index contributed by atoms with van der Waals surface area (Å²) in [4.78, 5) is 10.4. The third kappa shape index (κ3) is 4.75. The number of aromatic carboxylic acids is 1. The number of carboxylic acids is 1. The van der Waals surface area contributed by atoms with Crippen molar-refractivity contribution in [3.05, 3.63) is 28.8 Å². The molecule has 0 unspecified atom stereocenters. The first-order valence-electron chi connectivity index (χ1n) is 5.23. The summed E-state index contributed by atoms with van der Waals surface area (Å²) in [6.07, 6.45) is 0.972. The number of hydrogen-bond acceptors (Lipinski definition) is 5. The van der Waals surface area contributed by atoms with Crippen molar-refractivity contribution >= 4 is 37.4 Å². The molecule has 1 rings (SSSR count). The summed E-state index contributed by atoms with van der Waals surface area (Å²) in [6, 6.07) is 3.23. The minimum atomic E-state index is -4.08. The first kappa shape index (κ1) is 16.9. The molecule has 0 saturated carbocycles. The molecule has 10 heteroatoms. The van der Waals surface area contributed by atoms with Crippen LogP contribution in [-0.4, -0.2) is 46.5 Å². The van der Waals surface area contributed by atoms with Crippen molar-refractivity contribution < 1.29 is 26.7 Å². The van der Waals surface area contributed by atoms with Gasteiger partial charge in [-0.15, -0.1) is 0 Å². The Morgan fingerprint density at radius 3 is 2.40 bits per heavy atom. The number of benzene rings is 1.